The first-order valence-electron chi connectivity index (χ1n) is 9.60. The molecule has 4 N–H and O–H groups in total. The average molecular weight is 518 g/mol. The zero-order chi connectivity index (χ0) is 23.7. The fourth-order valence-electron chi connectivity index (χ4n) is 2.51. The summed E-state index contributed by atoms with van der Waals surface area (Å²) in [5.41, 5.74) is 2.43. The Labute approximate surface area is 207 Å². The summed E-state index contributed by atoms with van der Waals surface area (Å²) in [7, 11) is 0. The molecule has 0 heterocycles. The van der Waals surface area contributed by atoms with Crippen LogP contribution in [-0.2, 0) is 16.0 Å². The average Bonchev–Trinajstić information content (AvgIpc) is 2.72. The van der Waals surface area contributed by atoms with Crippen molar-refractivity contribution >= 4 is 75.3 Å². The number of benzene rings is 2. The quantitative estimate of drug-likeness (QED) is 0.236. The van der Waals surface area contributed by atoms with E-state index in [0.29, 0.717) is 17.1 Å². The van der Waals surface area contributed by atoms with Crippen LogP contribution >= 0.6 is 47.0 Å². The molecule has 32 heavy (non-hydrogen) atoms. The maximum atomic E-state index is 12.3. The minimum atomic E-state index is -1.89. The second kappa shape index (κ2) is 12.1. The highest BCUT2D eigenvalue weighted by molar-refractivity contribution is 7.80. The monoisotopic (exact) mass is 516 g/mol. The van der Waals surface area contributed by atoms with Gasteiger partial charge in [0.1, 0.15) is 11.9 Å². The maximum absolute atomic E-state index is 12.3. The SMILES string of the molecule is CCc1ccc(OCC(=O)N[C@H](NC(=S)Nc2ccc(NC(C)=O)cc2)C(Cl)(Cl)Cl)cc1. The summed E-state index contributed by atoms with van der Waals surface area (Å²) >= 11 is 23.2. The number of anilines is 2. The Bertz CT molecular complexity index is 935. The molecule has 7 nitrogen and oxygen atoms in total. The summed E-state index contributed by atoms with van der Waals surface area (Å²) in [6.45, 7) is 3.20. The first-order chi connectivity index (χ1) is 15.1. The number of carbonyl (C=O) groups excluding carboxylic acids is 2. The van der Waals surface area contributed by atoms with Crippen molar-refractivity contribution in [1.29, 1.82) is 0 Å². The highest BCUT2D eigenvalue weighted by atomic mass is 35.6. The number of thiocarbonyl (C=S) groups is 1. The Morgan fingerprint density at radius 1 is 0.969 bits per heavy atom. The van der Waals surface area contributed by atoms with Crippen molar-refractivity contribution in [2.45, 2.75) is 30.2 Å². The lowest BCUT2D eigenvalue weighted by molar-refractivity contribution is -0.123. The molecule has 0 unspecified atom stereocenters. The predicted molar refractivity (Wildman–Crippen MR) is 134 cm³/mol. The van der Waals surface area contributed by atoms with E-state index in [1.165, 1.54) is 6.92 Å². The van der Waals surface area contributed by atoms with Crippen molar-refractivity contribution < 1.29 is 14.3 Å². The smallest absolute Gasteiger partial charge is 0.259 e. The van der Waals surface area contributed by atoms with Gasteiger partial charge in [-0.25, -0.2) is 0 Å². The van der Waals surface area contributed by atoms with Gasteiger partial charge in [0.05, 0.1) is 0 Å². The lowest BCUT2D eigenvalue weighted by Gasteiger charge is -2.27. The lowest BCUT2D eigenvalue weighted by Crippen LogP contribution is -2.56. The first kappa shape index (κ1) is 26.0. The molecule has 0 aliphatic rings. The lowest BCUT2D eigenvalue weighted by atomic mass is 10.2. The molecule has 0 spiro atoms. The van der Waals surface area contributed by atoms with Gasteiger partial charge in [0.15, 0.2) is 11.7 Å². The normalized spacial score (nSPS) is 11.8. The maximum Gasteiger partial charge on any atom is 0.259 e. The van der Waals surface area contributed by atoms with E-state index in [4.69, 9.17) is 51.8 Å². The standard InChI is InChI=1S/C21H23Cl3N4O3S/c1-3-14-4-10-17(11-5-14)31-12-18(30)27-19(21(22,23)24)28-20(32)26-16-8-6-15(7-9-16)25-13(2)29/h4-11,19H,3,12H2,1-2H3,(H,25,29)(H,27,30)(H2,26,28,32)/t19-/m1/s1. The number of halogens is 3. The minimum absolute atomic E-state index is 0.116. The van der Waals surface area contributed by atoms with E-state index in [0.717, 1.165) is 12.0 Å². The molecule has 0 fully saturated rings. The second-order valence-electron chi connectivity index (χ2n) is 6.69. The van der Waals surface area contributed by atoms with Gasteiger partial charge in [-0.3, -0.25) is 9.59 Å². The molecule has 0 saturated carbocycles. The Hall–Kier alpha value is -2.26. The van der Waals surface area contributed by atoms with E-state index in [-0.39, 0.29) is 17.6 Å². The summed E-state index contributed by atoms with van der Waals surface area (Å²) < 4.78 is 3.58. The van der Waals surface area contributed by atoms with Gasteiger partial charge >= 0.3 is 0 Å². The van der Waals surface area contributed by atoms with Crippen LogP contribution in [0.5, 0.6) is 5.75 Å². The van der Waals surface area contributed by atoms with Gasteiger partial charge < -0.3 is 26.0 Å². The highest BCUT2D eigenvalue weighted by Crippen LogP contribution is 2.29. The van der Waals surface area contributed by atoms with Crippen LogP contribution in [-0.4, -0.2) is 33.5 Å². The number of ether oxygens (including phenoxy) is 1. The highest BCUT2D eigenvalue weighted by Gasteiger charge is 2.34. The van der Waals surface area contributed by atoms with Gasteiger partial charge in [0.25, 0.3) is 5.91 Å². The van der Waals surface area contributed by atoms with Crippen LogP contribution < -0.4 is 26.0 Å². The van der Waals surface area contributed by atoms with Gasteiger partial charge in [0, 0.05) is 18.3 Å². The van der Waals surface area contributed by atoms with Gasteiger partial charge in [0.2, 0.25) is 9.70 Å². The molecule has 0 aliphatic heterocycles. The van der Waals surface area contributed by atoms with Crippen molar-refractivity contribution in [3.63, 3.8) is 0 Å². The second-order valence-corrected chi connectivity index (χ2v) is 9.46. The molecule has 11 heteroatoms. The fraction of sp³-hybridized carbons (Fsp3) is 0.286. The number of hydrogen-bond donors (Lipinski definition) is 4. The van der Waals surface area contributed by atoms with Crippen molar-refractivity contribution in [2.75, 3.05) is 17.2 Å². The summed E-state index contributed by atoms with van der Waals surface area (Å²) in [5.74, 6) is -0.127. The van der Waals surface area contributed by atoms with E-state index < -0.39 is 15.9 Å². The molecule has 1 atom stereocenters. The number of aryl methyl sites for hydroxylation is 1. The largest absolute Gasteiger partial charge is 0.484 e. The fourth-order valence-corrected chi connectivity index (χ4v) is 3.07. The number of amides is 2. The topological polar surface area (TPSA) is 91.5 Å². The Morgan fingerprint density at radius 3 is 2.03 bits per heavy atom. The third-order valence-corrected chi connectivity index (χ3v) is 4.95. The molecule has 0 aliphatic carbocycles. The first-order valence-corrected chi connectivity index (χ1v) is 11.1. The Morgan fingerprint density at radius 2 is 1.53 bits per heavy atom. The van der Waals surface area contributed by atoms with Crippen molar-refractivity contribution in [3.05, 3.63) is 54.1 Å². The van der Waals surface area contributed by atoms with Gasteiger partial charge in [-0.15, -0.1) is 0 Å². The molecule has 2 amide bonds. The van der Waals surface area contributed by atoms with Gasteiger partial charge in [-0.05, 0) is 60.6 Å². The molecule has 0 aromatic heterocycles. The molecular formula is C21H23Cl3N4O3S. The molecule has 0 radical (unpaired) electrons. The molecule has 2 rings (SSSR count). The summed E-state index contributed by atoms with van der Waals surface area (Å²) in [6, 6.07) is 14.2. The molecule has 0 saturated heterocycles. The molecular weight excluding hydrogens is 495 g/mol. The van der Waals surface area contributed by atoms with Gasteiger partial charge in [-0.1, -0.05) is 53.9 Å². The van der Waals surface area contributed by atoms with Crippen molar-refractivity contribution in [2.24, 2.45) is 0 Å². The molecule has 2 aromatic carbocycles. The number of hydrogen-bond acceptors (Lipinski definition) is 4. The van der Waals surface area contributed by atoms with Crippen molar-refractivity contribution in [1.82, 2.24) is 10.6 Å². The zero-order valence-corrected chi connectivity index (χ0v) is 20.5. The zero-order valence-electron chi connectivity index (χ0n) is 17.4. The van der Waals surface area contributed by atoms with E-state index in [1.807, 2.05) is 19.1 Å². The van der Waals surface area contributed by atoms with Crippen LogP contribution in [0.15, 0.2) is 48.5 Å². The number of carbonyl (C=O) groups is 2. The van der Waals surface area contributed by atoms with E-state index in [1.54, 1.807) is 36.4 Å². The number of alkyl halides is 3. The summed E-state index contributed by atoms with van der Waals surface area (Å²) in [4.78, 5) is 23.4. The Kier molecular flexibility index (Phi) is 9.84. The number of nitrogens with one attached hydrogen (secondary N) is 4. The Balaban J connectivity index is 1.90. The van der Waals surface area contributed by atoms with E-state index >= 15 is 0 Å². The molecule has 0 bridgehead atoms. The summed E-state index contributed by atoms with van der Waals surface area (Å²) in [6.07, 6.45) is -0.213. The molecule has 2 aromatic rings. The van der Waals surface area contributed by atoms with E-state index in [2.05, 4.69) is 21.3 Å². The van der Waals surface area contributed by atoms with Crippen molar-refractivity contribution in [3.8, 4) is 5.75 Å². The van der Waals surface area contributed by atoms with E-state index in [9.17, 15) is 9.59 Å². The van der Waals surface area contributed by atoms with Crippen LogP contribution in [0, 0.1) is 0 Å². The van der Waals surface area contributed by atoms with Crippen LogP contribution in [0.25, 0.3) is 0 Å². The third kappa shape index (κ3) is 9.08. The minimum Gasteiger partial charge on any atom is -0.484 e. The van der Waals surface area contributed by atoms with Crippen LogP contribution in [0.1, 0.15) is 19.4 Å². The van der Waals surface area contributed by atoms with Crippen LogP contribution in [0.2, 0.25) is 0 Å². The molecule has 172 valence electrons. The summed E-state index contributed by atoms with van der Waals surface area (Å²) in [5, 5.41) is 11.0. The number of rotatable bonds is 8. The van der Waals surface area contributed by atoms with Gasteiger partial charge in [-0.2, -0.15) is 0 Å². The van der Waals surface area contributed by atoms with Crippen LogP contribution in [0.4, 0.5) is 11.4 Å². The predicted octanol–water partition coefficient (Wildman–Crippen LogP) is 4.39. The van der Waals surface area contributed by atoms with Crippen LogP contribution in [0.3, 0.4) is 0 Å². The third-order valence-electron chi connectivity index (χ3n) is 4.07.